The summed E-state index contributed by atoms with van der Waals surface area (Å²) >= 11 is 11.8. The average Bonchev–Trinajstić information content (AvgIpc) is 2.77. The van der Waals surface area contributed by atoms with Crippen LogP contribution in [0, 0.1) is 13.8 Å². The number of rotatable bonds is 3. The molecular formula is C15H14Cl2N2O2. The molecule has 1 N–H and O–H groups in total. The van der Waals surface area contributed by atoms with Crippen LogP contribution in [0.2, 0.25) is 10.0 Å². The van der Waals surface area contributed by atoms with E-state index in [4.69, 9.17) is 27.6 Å². The summed E-state index contributed by atoms with van der Waals surface area (Å²) in [5.74, 6) is 0.930. The minimum absolute atomic E-state index is 0.316. The molecule has 6 heteroatoms. The Labute approximate surface area is 132 Å². The van der Waals surface area contributed by atoms with Gasteiger partial charge in [-0.25, -0.2) is 5.43 Å². The predicted molar refractivity (Wildman–Crippen MR) is 84.3 cm³/mol. The lowest BCUT2D eigenvalue weighted by molar-refractivity contribution is 0.0953. The number of carbonyl (C=O) groups excluding carboxylic acids is 1. The lowest BCUT2D eigenvalue weighted by Crippen LogP contribution is -2.19. The first kappa shape index (κ1) is 15.6. The number of aryl methyl sites for hydroxylation is 2. The molecule has 0 aliphatic rings. The Hall–Kier alpha value is -1.78. The molecule has 2 aromatic rings. The van der Waals surface area contributed by atoms with E-state index >= 15 is 0 Å². The second-order valence-corrected chi connectivity index (χ2v) is 5.41. The van der Waals surface area contributed by atoms with Gasteiger partial charge < -0.3 is 4.42 Å². The second-order valence-electron chi connectivity index (χ2n) is 4.59. The summed E-state index contributed by atoms with van der Waals surface area (Å²) in [4.78, 5) is 12.0. The first-order valence-electron chi connectivity index (χ1n) is 6.25. The molecule has 0 fully saturated rings. The van der Waals surface area contributed by atoms with Gasteiger partial charge in [0.05, 0.1) is 21.3 Å². The van der Waals surface area contributed by atoms with Gasteiger partial charge in [0.15, 0.2) is 0 Å². The van der Waals surface area contributed by atoms with Gasteiger partial charge in [0, 0.05) is 0 Å². The molecule has 1 aromatic carbocycles. The van der Waals surface area contributed by atoms with E-state index in [0.29, 0.717) is 32.8 Å². The molecule has 0 saturated heterocycles. The molecule has 0 saturated carbocycles. The van der Waals surface area contributed by atoms with Gasteiger partial charge in [-0.15, -0.1) is 0 Å². The molecule has 0 spiro atoms. The van der Waals surface area contributed by atoms with Crippen molar-refractivity contribution >= 4 is 34.8 Å². The number of benzene rings is 1. The predicted octanol–water partition coefficient (Wildman–Crippen LogP) is 4.36. The zero-order valence-electron chi connectivity index (χ0n) is 11.8. The molecule has 0 bridgehead atoms. The van der Waals surface area contributed by atoms with Crippen molar-refractivity contribution in [1.29, 1.82) is 0 Å². The van der Waals surface area contributed by atoms with E-state index in [1.165, 1.54) is 0 Å². The van der Waals surface area contributed by atoms with E-state index in [1.54, 1.807) is 45.0 Å². The topological polar surface area (TPSA) is 54.6 Å². The molecule has 1 heterocycles. The summed E-state index contributed by atoms with van der Waals surface area (Å²) in [6, 6.07) is 6.84. The second kappa shape index (κ2) is 6.33. The Morgan fingerprint density at radius 3 is 2.48 bits per heavy atom. The first-order chi connectivity index (χ1) is 9.88. The van der Waals surface area contributed by atoms with Crippen molar-refractivity contribution in [2.45, 2.75) is 20.8 Å². The fourth-order valence-electron chi connectivity index (χ4n) is 1.84. The Morgan fingerprint density at radius 2 is 1.90 bits per heavy atom. The maximum absolute atomic E-state index is 12.0. The highest BCUT2D eigenvalue weighted by Gasteiger charge is 2.13. The van der Waals surface area contributed by atoms with Crippen LogP contribution in [-0.2, 0) is 0 Å². The average molecular weight is 325 g/mol. The summed E-state index contributed by atoms with van der Waals surface area (Å²) < 4.78 is 5.31. The number of halogens is 2. The van der Waals surface area contributed by atoms with Crippen LogP contribution in [0.4, 0.5) is 0 Å². The molecule has 0 atom stereocenters. The third kappa shape index (κ3) is 3.65. The number of hydrogen-bond acceptors (Lipinski definition) is 3. The van der Waals surface area contributed by atoms with Gasteiger partial charge in [-0.3, -0.25) is 4.79 Å². The summed E-state index contributed by atoms with van der Waals surface area (Å²) in [6.45, 7) is 5.29. The minimum Gasteiger partial charge on any atom is -0.466 e. The van der Waals surface area contributed by atoms with Crippen LogP contribution < -0.4 is 5.43 Å². The maximum atomic E-state index is 12.0. The maximum Gasteiger partial charge on any atom is 0.274 e. The molecule has 110 valence electrons. The van der Waals surface area contributed by atoms with Crippen molar-refractivity contribution in [3.8, 4) is 0 Å². The highest BCUT2D eigenvalue weighted by molar-refractivity contribution is 6.42. The SMILES string of the molecule is CC(=NNC(=O)c1cc(C)oc1C)c1ccc(Cl)c(Cl)c1. The fraction of sp³-hybridized carbons (Fsp3) is 0.200. The van der Waals surface area contributed by atoms with E-state index in [2.05, 4.69) is 10.5 Å². The van der Waals surface area contributed by atoms with Crippen LogP contribution in [0.1, 0.15) is 34.4 Å². The summed E-state index contributed by atoms with van der Waals surface area (Å²) in [7, 11) is 0. The third-order valence-corrected chi connectivity index (χ3v) is 3.69. The van der Waals surface area contributed by atoms with Gasteiger partial charge >= 0.3 is 0 Å². The quantitative estimate of drug-likeness (QED) is 0.673. The normalized spacial score (nSPS) is 11.6. The molecule has 0 radical (unpaired) electrons. The van der Waals surface area contributed by atoms with Gasteiger partial charge in [-0.05, 0) is 44.5 Å². The summed E-state index contributed by atoms with van der Waals surface area (Å²) in [6.07, 6.45) is 0. The van der Waals surface area contributed by atoms with Gasteiger partial charge in [-0.1, -0.05) is 29.3 Å². The molecule has 1 amide bonds. The molecule has 0 unspecified atom stereocenters. The highest BCUT2D eigenvalue weighted by Crippen LogP contribution is 2.22. The molecule has 0 aliphatic carbocycles. The minimum atomic E-state index is -0.316. The van der Waals surface area contributed by atoms with E-state index < -0.39 is 0 Å². The number of nitrogens with one attached hydrogen (secondary N) is 1. The van der Waals surface area contributed by atoms with Crippen LogP contribution in [0.15, 0.2) is 33.8 Å². The summed E-state index contributed by atoms with van der Waals surface area (Å²) in [5.41, 5.74) is 4.38. The van der Waals surface area contributed by atoms with Crippen LogP contribution >= 0.6 is 23.2 Å². The van der Waals surface area contributed by atoms with Gasteiger partial charge in [0.1, 0.15) is 11.5 Å². The van der Waals surface area contributed by atoms with Crippen LogP contribution in [0.25, 0.3) is 0 Å². The number of hydrazone groups is 1. The lowest BCUT2D eigenvalue weighted by atomic mass is 10.1. The first-order valence-corrected chi connectivity index (χ1v) is 7.01. The van der Waals surface area contributed by atoms with E-state index in [1.807, 2.05) is 0 Å². The standard InChI is InChI=1S/C15H14Cl2N2O2/c1-8-6-12(10(3)21-8)15(20)19-18-9(2)11-4-5-13(16)14(17)7-11/h4-7H,1-3H3,(H,19,20). The van der Waals surface area contributed by atoms with Crippen molar-refractivity contribution in [3.05, 3.63) is 57.0 Å². The fourth-order valence-corrected chi connectivity index (χ4v) is 2.13. The Bertz CT molecular complexity index is 720. The Kier molecular flexibility index (Phi) is 4.70. The van der Waals surface area contributed by atoms with Crippen molar-refractivity contribution in [1.82, 2.24) is 5.43 Å². The van der Waals surface area contributed by atoms with Crippen molar-refractivity contribution in [2.75, 3.05) is 0 Å². The molecule has 0 aliphatic heterocycles. The largest absolute Gasteiger partial charge is 0.466 e. The number of amides is 1. The molecule has 4 nitrogen and oxygen atoms in total. The van der Waals surface area contributed by atoms with Crippen molar-refractivity contribution in [3.63, 3.8) is 0 Å². The van der Waals surface area contributed by atoms with E-state index in [9.17, 15) is 4.79 Å². The summed E-state index contributed by atoms with van der Waals surface area (Å²) in [5, 5.41) is 4.98. The number of hydrogen-bond donors (Lipinski definition) is 1. The lowest BCUT2D eigenvalue weighted by Gasteiger charge is -2.04. The van der Waals surface area contributed by atoms with Gasteiger partial charge in [-0.2, -0.15) is 5.10 Å². The molecule has 2 rings (SSSR count). The third-order valence-electron chi connectivity index (χ3n) is 2.95. The van der Waals surface area contributed by atoms with Gasteiger partial charge in [0.2, 0.25) is 0 Å². The number of nitrogens with zero attached hydrogens (tertiary/aromatic N) is 1. The zero-order valence-corrected chi connectivity index (χ0v) is 13.3. The molecule has 1 aromatic heterocycles. The van der Waals surface area contributed by atoms with E-state index in [-0.39, 0.29) is 5.91 Å². The monoisotopic (exact) mass is 324 g/mol. The molecule has 21 heavy (non-hydrogen) atoms. The highest BCUT2D eigenvalue weighted by atomic mass is 35.5. The van der Waals surface area contributed by atoms with Crippen LogP contribution in [0.5, 0.6) is 0 Å². The molecular weight excluding hydrogens is 311 g/mol. The van der Waals surface area contributed by atoms with E-state index in [0.717, 1.165) is 5.56 Å². The smallest absolute Gasteiger partial charge is 0.274 e. The Morgan fingerprint density at radius 1 is 1.19 bits per heavy atom. The van der Waals surface area contributed by atoms with Crippen LogP contribution in [-0.4, -0.2) is 11.6 Å². The van der Waals surface area contributed by atoms with Gasteiger partial charge in [0.25, 0.3) is 5.91 Å². The zero-order chi connectivity index (χ0) is 15.6. The number of carbonyl (C=O) groups is 1. The number of furan rings is 1. The van der Waals surface area contributed by atoms with Crippen LogP contribution in [0.3, 0.4) is 0 Å². The van der Waals surface area contributed by atoms with Crippen molar-refractivity contribution in [2.24, 2.45) is 5.10 Å². The Balaban J connectivity index is 2.14. The van der Waals surface area contributed by atoms with Crippen molar-refractivity contribution < 1.29 is 9.21 Å².